The van der Waals surface area contributed by atoms with Crippen LogP contribution in [0.1, 0.15) is 12.7 Å². The number of aromatic nitrogens is 2. The third-order valence-electron chi connectivity index (χ3n) is 3.78. The van der Waals surface area contributed by atoms with Gasteiger partial charge in [-0.05, 0) is 17.7 Å². The van der Waals surface area contributed by atoms with Crippen LogP contribution in [0.4, 0.5) is 4.39 Å². The maximum absolute atomic E-state index is 12.8. The van der Waals surface area contributed by atoms with Gasteiger partial charge in [-0.3, -0.25) is 9.36 Å². The molecular formula is C17H17FN2O2S. The summed E-state index contributed by atoms with van der Waals surface area (Å²) in [4.78, 5) is 18.1. The van der Waals surface area contributed by atoms with E-state index < -0.39 is 6.67 Å². The molecule has 0 amide bonds. The molecule has 1 aromatic carbocycles. The topological polar surface area (TPSA) is 44.1 Å². The van der Waals surface area contributed by atoms with E-state index in [1.165, 1.54) is 15.9 Å². The molecule has 0 bridgehead atoms. The van der Waals surface area contributed by atoms with E-state index in [4.69, 9.17) is 4.74 Å². The molecule has 0 saturated heterocycles. The highest BCUT2D eigenvalue weighted by Gasteiger charge is 2.16. The Balaban J connectivity index is 2.27. The second-order valence-electron chi connectivity index (χ2n) is 5.09. The molecule has 0 aliphatic heterocycles. The van der Waals surface area contributed by atoms with E-state index in [0.29, 0.717) is 22.5 Å². The molecule has 3 aromatic rings. The van der Waals surface area contributed by atoms with Crippen LogP contribution in [0.3, 0.4) is 0 Å². The van der Waals surface area contributed by atoms with Crippen molar-refractivity contribution in [2.45, 2.75) is 19.9 Å². The van der Waals surface area contributed by atoms with Gasteiger partial charge in [-0.1, -0.05) is 19.1 Å². The normalized spacial score (nSPS) is 11.1. The lowest BCUT2D eigenvalue weighted by Gasteiger charge is -2.10. The van der Waals surface area contributed by atoms with Gasteiger partial charge < -0.3 is 4.74 Å². The zero-order chi connectivity index (χ0) is 16.4. The van der Waals surface area contributed by atoms with Crippen molar-refractivity contribution in [3.8, 4) is 16.9 Å². The van der Waals surface area contributed by atoms with Gasteiger partial charge in [0.2, 0.25) is 0 Å². The molecule has 0 fully saturated rings. The Labute approximate surface area is 137 Å². The molecule has 6 heteroatoms. The highest BCUT2D eigenvalue weighted by molar-refractivity contribution is 7.17. The number of thiophene rings is 1. The molecule has 2 heterocycles. The second kappa shape index (κ2) is 6.50. The Hall–Kier alpha value is -2.21. The lowest BCUT2D eigenvalue weighted by molar-refractivity contribution is 0.415. The first-order valence-corrected chi connectivity index (χ1v) is 8.28. The van der Waals surface area contributed by atoms with E-state index in [9.17, 15) is 9.18 Å². The zero-order valence-electron chi connectivity index (χ0n) is 13.0. The van der Waals surface area contributed by atoms with E-state index in [1.54, 1.807) is 7.11 Å². The van der Waals surface area contributed by atoms with Gasteiger partial charge in [0, 0.05) is 17.4 Å². The molecule has 0 atom stereocenters. The van der Waals surface area contributed by atoms with Crippen LogP contribution in [0.25, 0.3) is 21.3 Å². The van der Waals surface area contributed by atoms with Crippen LogP contribution < -0.4 is 10.3 Å². The zero-order valence-corrected chi connectivity index (χ0v) is 13.8. The monoisotopic (exact) mass is 332 g/mol. The summed E-state index contributed by atoms with van der Waals surface area (Å²) in [5, 5.41) is 2.47. The van der Waals surface area contributed by atoms with Crippen LogP contribution in [0.15, 0.2) is 34.4 Å². The van der Waals surface area contributed by atoms with Crippen LogP contribution in [-0.2, 0) is 13.0 Å². The summed E-state index contributed by atoms with van der Waals surface area (Å²) < 4.78 is 19.5. The average Bonchev–Trinajstić information content (AvgIpc) is 3.01. The summed E-state index contributed by atoms with van der Waals surface area (Å²) in [6.07, 6.45) is 0.595. The van der Waals surface area contributed by atoms with Crippen LogP contribution in [-0.4, -0.2) is 23.3 Å². The van der Waals surface area contributed by atoms with Gasteiger partial charge in [0.1, 0.15) is 23.1 Å². The third-order valence-corrected chi connectivity index (χ3v) is 4.65. The van der Waals surface area contributed by atoms with E-state index in [2.05, 4.69) is 4.98 Å². The fraction of sp³-hybridized carbons (Fsp3) is 0.294. The number of aryl methyl sites for hydroxylation is 1. The first kappa shape index (κ1) is 15.7. The lowest BCUT2D eigenvalue weighted by atomic mass is 10.1. The van der Waals surface area contributed by atoms with Gasteiger partial charge in [0.05, 0.1) is 19.0 Å². The number of fused-ring (bicyclic) bond motifs is 1. The molecule has 0 saturated carbocycles. The minimum absolute atomic E-state index is 0.0400. The molecule has 0 N–H and O–H groups in total. The molecule has 3 rings (SSSR count). The minimum atomic E-state index is -0.585. The summed E-state index contributed by atoms with van der Waals surface area (Å²) in [6.45, 7) is 1.37. The van der Waals surface area contributed by atoms with Crippen molar-refractivity contribution in [1.29, 1.82) is 0 Å². The Kier molecular flexibility index (Phi) is 4.43. The first-order valence-electron chi connectivity index (χ1n) is 7.40. The summed E-state index contributed by atoms with van der Waals surface area (Å²) >= 11 is 1.43. The summed E-state index contributed by atoms with van der Waals surface area (Å²) in [7, 11) is 1.61. The fourth-order valence-electron chi connectivity index (χ4n) is 2.65. The smallest absolute Gasteiger partial charge is 0.262 e. The Morgan fingerprint density at radius 1 is 1.39 bits per heavy atom. The lowest BCUT2D eigenvalue weighted by Crippen LogP contribution is -2.25. The van der Waals surface area contributed by atoms with Crippen molar-refractivity contribution < 1.29 is 9.13 Å². The number of hydrogen-bond acceptors (Lipinski definition) is 4. The predicted octanol–water partition coefficient (Wildman–Crippen LogP) is 3.67. The molecule has 4 nitrogen and oxygen atoms in total. The molecule has 0 spiro atoms. The van der Waals surface area contributed by atoms with Gasteiger partial charge in [-0.2, -0.15) is 0 Å². The maximum Gasteiger partial charge on any atom is 0.262 e. The maximum atomic E-state index is 12.8. The Morgan fingerprint density at radius 3 is 2.91 bits per heavy atom. The third kappa shape index (κ3) is 2.74. The van der Waals surface area contributed by atoms with Crippen molar-refractivity contribution in [3.63, 3.8) is 0 Å². The SMILES string of the molecule is CCc1nc2scc(-c3cccc(OC)c3)c2c(=O)n1CCF. The predicted molar refractivity (Wildman–Crippen MR) is 91.2 cm³/mol. The molecule has 2 aromatic heterocycles. The van der Waals surface area contributed by atoms with Crippen molar-refractivity contribution in [3.05, 3.63) is 45.8 Å². The number of alkyl halides is 1. The Bertz CT molecular complexity index is 901. The highest BCUT2D eigenvalue weighted by atomic mass is 32.1. The standard InChI is InChI=1S/C17H17FN2O2S/c1-3-14-19-16-15(17(21)20(14)8-7-18)13(10-23-16)11-5-4-6-12(9-11)22-2/h4-6,9-10H,3,7-8H2,1-2H3. The summed E-state index contributed by atoms with van der Waals surface area (Å²) in [5.41, 5.74) is 1.53. The van der Waals surface area contributed by atoms with E-state index >= 15 is 0 Å². The van der Waals surface area contributed by atoms with Crippen LogP contribution in [0, 0.1) is 0 Å². The average molecular weight is 332 g/mol. The van der Waals surface area contributed by atoms with Gasteiger partial charge >= 0.3 is 0 Å². The van der Waals surface area contributed by atoms with Crippen LogP contribution in [0.2, 0.25) is 0 Å². The molecule has 0 aliphatic carbocycles. The molecule has 0 aliphatic rings. The van der Waals surface area contributed by atoms with Gasteiger partial charge in [-0.15, -0.1) is 11.3 Å². The quantitative estimate of drug-likeness (QED) is 0.716. The van der Waals surface area contributed by atoms with Crippen LogP contribution >= 0.6 is 11.3 Å². The highest BCUT2D eigenvalue weighted by Crippen LogP contribution is 2.32. The second-order valence-corrected chi connectivity index (χ2v) is 5.95. The fourth-order valence-corrected chi connectivity index (χ4v) is 3.61. The number of benzene rings is 1. The number of ether oxygens (including phenoxy) is 1. The number of nitrogens with zero attached hydrogens (tertiary/aromatic N) is 2. The molecule has 0 radical (unpaired) electrons. The minimum Gasteiger partial charge on any atom is -0.497 e. The van der Waals surface area contributed by atoms with Gasteiger partial charge in [0.15, 0.2) is 0 Å². The van der Waals surface area contributed by atoms with Crippen molar-refractivity contribution >= 4 is 21.6 Å². The van der Waals surface area contributed by atoms with Crippen molar-refractivity contribution in [2.24, 2.45) is 0 Å². The largest absolute Gasteiger partial charge is 0.497 e. The number of halogens is 1. The number of methoxy groups -OCH3 is 1. The van der Waals surface area contributed by atoms with E-state index in [-0.39, 0.29) is 12.1 Å². The number of rotatable bonds is 5. The van der Waals surface area contributed by atoms with Gasteiger partial charge in [0.25, 0.3) is 5.56 Å². The summed E-state index contributed by atoms with van der Waals surface area (Å²) in [5.74, 6) is 1.35. The van der Waals surface area contributed by atoms with E-state index in [0.717, 1.165) is 16.9 Å². The summed E-state index contributed by atoms with van der Waals surface area (Å²) in [6, 6.07) is 7.54. The Morgan fingerprint density at radius 2 is 2.22 bits per heavy atom. The van der Waals surface area contributed by atoms with Crippen LogP contribution in [0.5, 0.6) is 5.75 Å². The van der Waals surface area contributed by atoms with Crippen molar-refractivity contribution in [2.75, 3.05) is 13.8 Å². The molecule has 0 unspecified atom stereocenters. The van der Waals surface area contributed by atoms with Crippen molar-refractivity contribution in [1.82, 2.24) is 9.55 Å². The van der Waals surface area contributed by atoms with E-state index in [1.807, 2.05) is 36.6 Å². The molecule has 23 heavy (non-hydrogen) atoms. The number of hydrogen-bond donors (Lipinski definition) is 0. The van der Waals surface area contributed by atoms with Gasteiger partial charge in [-0.25, -0.2) is 9.37 Å². The molecular weight excluding hydrogens is 315 g/mol. The first-order chi connectivity index (χ1) is 11.2. The molecule has 120 valence electrons.